The third kappa shape index (κ3) is 2.35. The third-order valence-corrected chi connectivity index (χ3v) is 9.26. The molecule has 0 aromatic heterocycles. The second-order valence-corrected chi connectivity index (χ2v) is 12.0. The minimum Gasteiger partial charge on any atom is -0.160 e. The zero-order chi connectivity index (χ0) is 16.6. The normalized spacial score (nSPS) is 31.6. The SMILES string of the molecule is CC1(C)CSCC(C)(C)C2=C1C1=C2C(C)(C)CSCC1(C)C. The van der Waals surface area contributed by atoms with Crippen LogP contribution in [0.5, 0.6) is 0 Å². The molecule has 0 unspecified atom stereocenters. The zero-order valence-electron chi connectivity index (χ0n) is 15.6. The fourth-order valence-electron chi connectivity index (χ4n) is 4.56. The average molecular weight is 337 g/mol. The van der Waals surface area contributed by atoms with Crippen LogP contribution in [-0.2, 0) is 0 Å². The molecule has 0 spiro atoms. The van der Waals surface area contributed by atoms with Crippen molar-refractivity contribution in [1.29, 1.82) is 0 Å². The second-order valence-electron chi connectivity index (χ2n) is 10.0. The van der Waals surface area contributed by atoms with Gasteiger partial charge in [-0.25, -0.2) is 0 Å². The van der Waals surface area contributed by atoms with Gasteiger partial charge in [-0.15, -0.1) is 0 Å². The molecule has 124 valence electrons. The van der Waals surface area contributed by atoms with Crippen molar-refractivity contribution in [2.24, 2.45) is 21.7 Å². The molecular weight excluding hydrogens is 304 g/mol. The highest BCUT2D eigenvalue weighted by atomic mass is 32.2. The summed E-state index contributed by atoms with van der Waals surface area (Å²) in [6, 6.07) is 0. The van der Waals surface area contributed by atoms with Crippen molar-refractivity contribution in [3.63, 3.8) is 0 Å². The van der Waals surface area contributed by atoms with Gasteiger partial charge in [0.1, 0.15) is 0 Å². The second kappa shape index (κ2) is 4.85. The standard InChI is InChI=1S/C20H32S2/c1-17(2)9-21-10-18(3,4)14-13(17)15-16(14)20(7,8)12-22-11-19(15,5)6/h9-12H2,1-8H3. The van der Waals surface area contributed by atoms with Crippen LogP contribution in [0.4, 0.5) is 0 Å². The predicted molar refractivity (Wildman–Crippen MR) is 104 cm³/mol. The number of thioether (sulfide) groups is 2. The van der Waals surface area contributed by atoms with Crippen LogP contribution in [0, 0.1) is 21.7 Å². The number of hydrogen-bond acceptors (Lipinski definition) is 2. The van der Waals surface area contributed by atoms with Gasteiger partial charge in [0.2, 0.25) is 0 Å². The van der Waals surface area contributed by atoms with E-state index in [2.05, 4.69) is 78.9 Å². The maximum Gasteiger partial charge on any atom is 0.00250 e. The summed E-state index contributed by atoms with van der Waals surface area (Å²) in [6.45, 7) is 19.8. The van der Waals surface area contributed by atoms with Crippen LogP contribution in [-0.4, -0.2) is 23.0 Å². The van der Waals surface area contributed by atoms with Crippen LogP contribution >= 0.6 is 23.5 Å². The van der Waals surface area contributed by atoms with Crippen LogP contribution in [0.2, 0.25) is 0 Å². The van der Waals surface area contributed by atoms with Crippen molar-refractivity contribution in [2.75, 3.05) is 23.0 Å². The molecule has 2 aliphatic heterocycles. The predicted octanol–water partition coefficient (Wildman–Crippen LogP) is 6.19. The molecule has 0 fully saturated rings. The Morgan fingerprint density at radius 3 is 0.818 bits per heavy atom. The van der Waals surface area contributed by atoms with E-state index in [1.54, 1.807) is 22.3 Å². The fourth-order valence-corrected chi connectivity index (χ4v) is 7.38. The smallest absolute Gasteiger partial charge is 0.00250 e. The minimum absolute atomic E-state index is 0.314. The number of allylic oxidation sites excluding steroid dienone is 4. The molecule has 0 aromatic carbocycles. The van der Waals surface area contributed by atoms with E-state index in [0.29, 0.717) is 21.7 Å². The van der Waals surface area contributed by atoms with Gasteiger partial charge in [0.05, 0.1) is 0 Å². The summed E-state index contributed by atoms with van der Waals surface area (Å²) >= 11 is 4.31. The van der Waals surface area contributed by atoms with Crippen molar-refractivity contribution < 1.29 is 0 Å². The Kier molecular flexibility index (Phi) is 3.75. The van der Waals surface area contributed by atoms with Gasteiger partial charge in [0, 0.05) is 23.0 Å². The lowest BCUT2D eigenvalue weighted by Crippen LogP contribution is -2.41. The molecule has 0 radical (unpaired) electrons. The maximum absolute atomic E-state index is 2.47. The summed E-state index contributed by atoms with van der Waals surface area (Å²) in [5.41, 5.74) is 8.20. The van der Waals surface area contributed by atoms with E-state index in [0.717, 1.165) is 0 Å². The molecular formula is C20H32S2. The molecule has 0 amide bonds. The highest BCUT2D eigenvalue weighted by Gasteiger charge is 2.54. The molecule has 0 aromatic rings. The lowest BCUT2D eigenvalue weighted by molar-refractivity contribution is 0.376. The van der Waals surface area contributed by atoms with Gasteiger partial charge in [-0.05, 0) is 44.0 Å². The van der Waals surface area contributed by atoms with Crippen LogP contribution in [0.15, 0.2) is 22.3 Å². The molecule has 3 rings (SSSR count). The van der Waals surface area contributed by atoms with Gasteiger partial charge in [-0.3, -0.25) is 0 Å². The van der Waals surface area contributed by atoms with Crippen molar-refractivity contribution in [3.05, 3.63) is 22.3 Å². The summed E-state index contributed by atoms with van der Waals surface area (Å²) in [7, 11) is 0. The van der Waals surface area contributed by atoms with E-state index in [9.17, 15) is 0 Å². The maximum atomic E-state index is 2.47. The molecule has 2 heteroatoms. The lowest BCUT2D eigenvalue weighted by Gasteiger charge is -2.51. The Labute approximate surface area is 146 Å². The quantitative estimate of drug-likeness (QED) is 0.517. The Hall–Kier alpha value is 0.180. The monoisotopic (exact) mass is 336 g/mol. The van der Waals surface area contributed by atoms with Gasteiger partial charge < -0.3 is 0 Å². The zero-order valence-corrected chi connectivity index (χ0v) is 17.3. The number of rotatable bonds is 0. The van der Waals surface area contributed by atoms with E-state index in [1.165, 1.54) is 23.0 Å². The first-order chi connectivity index (χ1) is 9.90. The summed E-state index contributed by atoms with van der Waals surface area (Å²) in [5, 5.41) is 0. The van der Waals surface area contributed by atoms with Gasteiger partial charge in [-0.2, -0.15) is 23.5 Å². The van der Waals surface area contributed by atoms with Crippen molar-refractivity contribution in [1.82, 2.24) is 0 Å². The average Bonchev–Trinajstić information content (AvgIpc) is 2.32. The van der Waals surface area contributed by atoms with Gasteiger partial charge in [0.25, 0.3) is 0 Å². The first kappa shape index (κ1) is 17.0. The lowest BCUT2D eigenvalue weighted by atomic mass is 9.53. The van der Waals surface area contributed by atoms with E-state index in [-0.39, 0.29) is 0 Å². The molecule has 0 bridgehead atoms. The van der Waals surface area contributed by atoms with Crippen LogP contribution < -0.4 is 0 Å². The number of fused-ring (bicyclic) bond motifs is 2. The third-order valence-electron chi connectivity index (χ3n) is 5.56. The Bertz CT molecular complexity index is 459. The highest BCUT2D eigenvalue weighted by molar-refractivity contribution is 7.99. The molecule has 0 saturated heterocycles. The van der Waals surface area contributed by atoms with Gasteiger partial charge in [0.15, 0.2) is 0 Å². The van der Waals surface area contributed by atoms with E-state index < -0.39 is 0 Å². The molecule has 0 N–H and O–H groups in total. The summed E-state index contributed by atoms with van der Waals surface area (Å²) in [6.07, 6.45) is 0. The first-order valence-electron chi connectivity index (χ1n) is 8.57. The van der Waals surface area contributed by atoms with Gasteiger partial charge >= 0.3 is 0 Å². The molecule has 1 aliphatic carbocycles. The Morgan fingerprint density at radius 1 is 0.455 bits per heavy atom. The fraction of sp³-hybridized carbons (Fsp3) is 0.800. The summed E-state index contributed by atoms with van der Waals surface area (Å²) in [5.74, 6) is 5.04. The van der Waals surface area contributed by atoms with Crippen molar-refractivity contribution >= 4 is 23.5 Å². The van der Waals surface area contributed by atoms with Gasteiger partial charge in [-0.1, -0.05) is 55.4 Å². The largest absolute Gasteiger partial charge is 0.160 e. The summed E-state index contributed by atoms with van der Waals surface area (Å²) in [4.78, 5) is 0. The van der Waals surface area contributed by atoms with Crippen molar-refractivity contribution in [3.8, 4) is 0 Å². The van der Waals surface area contributed by atoms with E-state index in [4.69, 9.17) is 0 Å². The van der Waals surface area contributed by atoms with Crippen LogP contribution in [0.3, 0.4) is 0 Å². The molecule has 0 saturated carbocycles. The van der Waals surface area contributed by atoms with Crippen LogP contribution in [0.25, 0.3) is 0 Å². The van der Waals surface area contributed by atoms with Crippen LogP contribution in [0.1, 0.15) is 55.4 Å². The molecule has 0 nitrogen and oxygen atoms in total. The van der Waals surface area contributed by atoms with Crippen molar-refractivity contribution in [2.45, 2.75) is 55.4 Å². The molecule has 2 heterocycles. The Morgan fingerprint density at radius 2 is 0.636 bits per heavy atom. The topological polar surface area (TPSA) is 0 Å². The number of hydrogen-bond donors (Lipinski definition) is 0. The highest BCUT2D eigenvalue weighted by Crippen LogP contribution is 2.65. The molecule has 0 atom stereocenters. The molecule has 3 aliphatic rings. The van der Waals surface area contributed by atoms with E-state index in [1.807, 2.05) is 0 Å². The minimum atomic E-state index is 0.314. The summed E-state index contributed by atoms with van der Waals surface area (Å²) < 4.78 is 0. The Balaban J connectivity index is 2.24. The molecule has 22 heavy (non-hydrogen) atoms. The van der Waals surface area contributed by atoms with E-state index >= 15 is 0 Å². The first-order valence-corrected chi connectivity index (χ1v) is 10.9.